The van der Waals surface area contributed by atoms with Crippen molar-refractivity contribution in [1.29, 1.82) is 0 Å². The van der Waals surface area contributed by atoms with Crippen molar-refractivity contribution in [2.75, 3.05) is 11.2 Å². The van der Waals surface area contributed by atoms with Crippen LogP contribution in [0.4, 0.5) is 5.13 Å². The molecule has 1 heterocycles. The van der Waals surface area contributed by atoms with Gasteiger partial charge in [-0.3, -0.25) is 4.79 Å². The van der Waals surface area contributed by atoms with E-state index in [4.69, 9.17) is 16.7 Å². The van der Waals surface area contributed by atoms with Crippen LogP contribution in [0.15, 0.2) is 6.20 Å². The first kappa shape index (κ1) is 9.94. The average molecular weight is 221 g/mol. The maximum Gasteiger partial charge on any atom is 0.347 e. The molecule has 0 saturated carbocycles. The van der Waals surface area contributed by atoms with Gasteiger partial charge in [-0.15, -0.1) is 11.6 Å². The monoisotopic (exact) mass is 220 g/mol. The van der Waals surface area contributed by atoms with E-state index in [2.05, 4.69) is 10.3 Å². The van der Waals surface area contributed by atoms with Gasteiger partial charge in [-0.2, -0.15) is 0 Å². The lowest BCUT2D eigenvalue weighted by Crippen LogP contribution is -2.11. The lowest BCUT2D eigenvalue weighted by Gasteiger charge is -1.94. The number of aromatic carboxylic acids is 1. The third kappa shape index (κ3) is 2.67. The highest BCUT2D eigenvalue weighted by Gasteiger charge is 2.09. The van der Waals surface area contributed by atoms with Crippen LogP contribution in [0, 0.1) is 0 Å². The van der Waals surface area contributed by atoms with Gasteiger partial charge in [0.15, 0.2) is 5.13 Å². The number of hydrogen-bond donors (Lipinski definition) is 2. The minimum Gasteiger partial charge on any atom is -0.477 e. The van der Waals surface area contributed by atoms with Crippen LogP contribution in [-0.4, -0.2) is 27.8 Å². The molecule has 0 aliphatic heterocycles. The molecule has 1 amide bonds. The summed E-state index contributed by atoms with van der Waals surface area (Å²) in [4.78, 5) is 24.9. The number of carboxylic acids is 1. The summed E-state index contributed by atoms with van der Waals surface area (Å²) in [5.41, 5.74) is 0. The molecule has 1 aromatic heterocycles. The highest BCUT2D eigenvalue weighted by atomic mass is 35.5. The van der Waals surface area contributed by atoms with Crippen LogP contribution in [0.3, 0.4) is 0 Å². The molecule has 0 aliphatic rings. The number of nitrogens with zero attached hydrogens (tertiary/aromatic N) is 1. The normalized spacial score (nSPS) is 9.62. The van der Waals surface area contributed by atoms with Gasteiger partial charge >= 0.3 is 5.97 Å². The Morgan fingerprint density at radius 2 is 2.38 bits per heavy atom. The molecule has 0 saturated heterocycles. The zero-order chi connectivity index (χ0) is 9.84. The molecule has 5 nitrogen and oxygen atoms in total. The zero-order valence-electron chi connectivity index (χ0n) is 6.28. The van der Waals surface area contributed by atoms with Crippen molar-refractivity contribution in [1.82, 2.24) is 4.98 Å². The lowest BCUT2D eigenvalue weighted by molar-refractivity contribution is -0.113. The molecule has 0 atom stereocenters. The van der Waals surface area contributed by atoms with E-state index >= 15 is 0 Å². The predicted octanol–water partition coefficient (Wildman–Crippen LogP) is 1.02. The summed E-state index contributed by atoms with van der Waals surface area (Å²) in [6, 6.07) is 0. The van der Waals surface area contributed by atoms with Crippen molar-refractivity contribution in [2.45, 2.75) is 0 Å². The standard InChI is InChI=1S/C6H5ClN2O3S/c7-1-4(10)9-6-8-2-3(13-6)5(11)12/h2H,1H2,(H,11,12)(H,8,9,10). The quantitative estimate of drug-likeness (QED) is 0.746. The molecule has 1 aromatic rings. The van der Waals surface area contributed by atoms with E-state index < -0.39 is 11.9 Å². The molecule has 0 radical (unpaired) electrons. The van der Waals surface area contributed by atoms with E-state index in [0.29, 0.717) is 0 Å². The van der Waals surface area contributed by atoms with Crippen LogP contribution in [0.5, 0.6) is 0 Å². The van der Waals surface area contributed by atoms with Gasteiger partial charge in [0, 0.05) is 0 Å². The van der Waals surface area contributed by atoms with Gasteiger partial charge in [0.2, 0.25) is 5.91 Å². The summed E-state index contributed by atoms with van der Waals surface area (Å²) >= 11 is 6.10. The lowest BCUT2D eigenvalue weighted by atomic mass is 10.6. The van der Waals surface area contributed by atoms with Crippen molar-refractivity contribution in [2.24, 2.45) is 0 Å². The molecule has 0 aromatic carbocycles. The third-order valence-corrected chi connectivity index (χ3v) is 2.23. The highest BCUT2D eigenvalue weighted by Crippen LogP contribution is 2.17. The van der Waals surface area contributed by atoms with E-state index in [-0.39, 0.29) is 15.9 Å². The maximum atomic E-state index is 10.7. The zero-order valence-corrected chi connectivity index (χ0v) is 7.85. The maximum absolute atomic E-state index is 10.7. The number of alkyl halides is 1. The Hall–Kier alpha value is -1.14. The van der Waals surface area contributed by atoms with E-state index in [0.717, 1.165) is 11.3 Å². The van der Waals surface area contributed by atoms with Crippen LogP contribution in [0.2, 0.25) is 0 Å². The molecule has 13 heavy (non-hydrogen) atoms. The van der Waals surface area contributed by atoms with E-state index in [1.54, 1.807) is 0 Å². The van der Waals surface area contributed by atoms with E-state index in [1.807, 2.05) is 0 Å². The van der Waals surface area contributed by atoms with Crippen LogP contribution in [0.25, 0.3) is 0 Å². The second kappa shape index (κ2) is 4.20. The first-order valence-corrected chi connectivity index (χ1v) is 4.53. The van der Waals surface area contributed by atoms with Crippen LogP contribution in [0.1, 0.15) is 9.67 Å². The summed E-state index contributed by atoms with van der Waals surface area (Å²) in [5, 5.41) is 11.1. The molecule has 2 N–H and O–H groups in total. The number of hydrogen-bond acceptors (Lipinski definition) is 4. The third-order valence-electron chi connectivity index (χ3n) is 1.08. The van der Waals surface area contributed by atoms with Crippen LogP contribution < -0.4 is 5.32 Å². The molecule has 7 heteroatoms. The largest absolute Gasteiger partial charge is 0.477 e. The second-order valence-electron chi connectivity index (χ2n) is 2.02. The summed E-state index contributed by atoms with van der Waals surface area (Å²) in [5.74, 6) is -1.65. The molecule has 0 unspecified atom stereocenters. The minimum absolute atomic E-state index is 0.0740. The fraction of sp³-hybridized carbons (Fsp3) is 0.167. The number of carbonyl (C=O) groups is 2. The molecule has 0 bridgehead atoms. The Kier molecular flexibility index (Phi) is 3.21. The van der Waals surface area contributed by atoms with Crippen molar-refractivity contribution >= 4 is 39.9 Å². The summed E-state index contributed by atoms with van der Waals surface area (Å²) in [6.45, 7) is 0. The van der Waals surface area contributed by atoms with Gasteiger partial charge in [-0.25, -0.2) is 9.78 Å². The summed E-state index contributed by atoms with van der Waals surface area (Å²) in [6.07, 6.45) is 1.18. The summed E-state index contributed by atoms with van der Waals surface area (Å²) in [7, 11) is 0. The first-order valence-electron chi connectivity index (χ1n) is 3.18. The number of thiazole rings is 1. The molecule has 70 valence electrons. The minimum atomic E-state index is -1.07. The highest BCUT2D eigenvalue weighted by molar-refractivity contribution is 7.17. The Morgan fingerprint density at radius 1 is 1.69 bits per heavy atom. The number of halogens is 1. The van der Waals surface area contributed by atoms with Crippen molar-refractivity contribution < 1.29 is 14.7 Å². The average Bonchev–Trinajstić information content (AvgIpc) is 2.52. The van der Waals surface area contributed by atoms with Crippen LogP contribution >= 0.6 is 22.9 Å². The Balaban J connectivity index is 2.69. The second-order valence-corrected chi connectivity index (χ2v) is 3.31. The SMILES string of the molecule is O=C(CCl)Nc1ncc(C(=O)O)s1. The van der Waals surface area contributed by atoms with E-state index in [1.165, 1.54) is 6.20 Å². The Morgan fingerprint density at radius 3 is 2.85 bits per heavy atom. The predicted molar refractivity (Wildman–Crippen MR) is 48.4 cm³/mol. The number of carboxylic acid groups (broad SMARTS) is 1. The smallest absolute Gasteiger partial charge is 0.347 e. The number of anilines is 1. The number of rotatable bonds is 3. The number of carbonyl (C=O) groups excluding carboxylic acids is 1. The Bertz CT molecular complexity index is 338. The van der Waals surface area contributed by atoms with Gasteiger partial charge in [-0.05, 0) is 0 Å². The van der Waals surface area contributed by atoms with Crippen molar-refractivity contribution in [3.63, 3.8) is 0 Å². The van der Waals surface area contributed by atoms with Crippen molar-refractivity contribution in [3.05, 3.63) is 11.1 Å². The van der Waals surface area contributed by atoms with Gasteiger partial charge in [0.25, 0.3) is 0 Å². The van der Waals surface area contributed by atoms with Crippen molar-refractivity contribution in [3.8, 4) is 0 Å². The number of aromatic nitrogens is 1. The molecule has 0 spiro atoms. The van der Waals surface area contributed by atoms with Gasteiger partial charge in [-0.1, -0.05) is 11.3 Å². The first-order chi connectivity index (χ1) is 6.13. The van der Waals surface area contributed by atoms with Gasteiger partial charge in [0.1, 0.15) is 10.8 Å². The molecule has 1 rings (SSSR count). The van der Waals surface area contributed by atoms with Gasteiger partial charge < -0.3 is 10.4 Å². The molecule has 0 aliphatic carbocycles. The molecular weight excluding hydrogens is 216 g/mol. The topological polar surface area (TPSA) is 79.3 Å². The number of nitrogens with one attached hydrogen (secondary N) is 1. The van der Waals surface area contributed by atoms with Crippen LogP contribution in [-0.2, 0) is 4.79 Å². The number of amides is 1. The summed E-state index contributed by atoms with van der Waals surface area (Å²) < 4.78 is 0. The fourth-order valence-corrected chi connectivity index (χ4v) is 1.32. The molecular formula is C6H5ClN2O3S. The fourth-order valence-electron chi connectivity index (χ4n) is 0.583. The van der Waals surface area contributed by atoms with E-state index in [9.17, 15) is 9.59 Å². The molecule has 0 fully saturated rings. The Labute approximate surface area is 82.4 Å². The van der Waals surface area contributed by atoms with Gasteiger partial charge in [0.05, 0.1) is 6.20 Å².